The molecule has 0 aliphatic heterocycles. The van der Waals surface area contributed by atoms with E-state index in [0.29, 0.717) is 11.5 Å². The zero-order chi connectivity index (χ0) is 11.8. The van der Waals surface area contributed by atoms with Gasteiger partial charge >= 0.3 is 5.82 Å². The zero-order valence-electron chi connectivity index (χ0n) is 9.24. The number of nitrogens with zero attached hydrogens (tertiary/aromatic N) is 4. The molecule has 84 valence electrons. The standard InChI is InChI=1S/C12H10N4O/c1-9-5-4-8-12(16(9)17)15-11-7-3-2-6-10(11)13-14-15/h2-8H,1H3. The fourth-order valence-electron chi connectivity index (χ4n) is 1.78. The number of hydrogen-bond acceptors (Lipinski definition) is 3. The molecule has 0 atom stereocenters. The van der Waals surface area contributed by atoms with Crippen molar-refractivity contribution in [2.45, 2.75) is 6.92 Å². The van der Waals surface area contributed by atoms with Crippen molar-refractivity contribution in [2.24, 2.45) is 0 Å². The van der Waals surface area contributed by atoms with E-state index in [9.17, 15) is 5.21 Å². The molecule has 0 spiro atoms. The quantitative estimate of drug-likeness (QED) is 0.465. The van der Waals surface area contributed by atoms with Gasteiger partial charge in [0.1, 0.15) is 11.2 Å². The lowest BCUT2D eigenvalue weighted by molar-refractivity contribution is -0.606. The molecule has 0 bridgehead atoms. The van der Waals surface area contributed by atoms with Crippen molar-refractivity contribution in [1.82, 2.24) is 15.0 Å². The first kappa shape index (κ1) is 9.77. The summed E-state index contributed by atoms with van der Waals surface area (Å²) in [6, 6.07) is 12.9. The summed E-state index contributed by atoms with van der Waals surface area (Å²) in [6.07, 6.45) is 0. The van der Waals surface area contributed by atoms with Gasteiger partial charge in [0.15, 0.2) is 5.52 Å². The van der Waals surface area contributed by atoms with Crippen molar-refractivity contribution in [1.29, 1.82) is 0 Å². The lowest BCUT2D eigenvalue weighted by Crippen LogP contribution is -2.35. The molecule has 3 aromatic rings. The van der Waals surface area contributed by atoms with Crippen molar-refractivity contribution in [3.05, 3.63) is 53.4 Å². The molecule has 0 radical (unpaired) electrons. The number of benzene rings is 1. The Morgan fingerprint density at radius 1 is 1.12 bits per heavy atom. The van der Waals surface area contributed by atoms with Crippen LogP contribution in [0.1, 0.15) is 5.69 Å². The van der Waals surface area contributed by atoms with Crippen LogP contribution < -0.4 is 4.73 Å². The summed E-state index contributed by atoms with van der Waals surface area (Å²) >= 11 is 0. The summed E-state index contributed by atoms with van der Waals surface area (Å²) in [7, 11) is 0. The van der Waals surface area contributed by atoms with E-state index >= 15 is 0 Å². The fourth-order valence-corrected chi connectivity index (χ4v) is 1.78. The second kappa shape index (κ2) is 3.55. The third-order valence-corrected chi connectivity index (χ3v) is 2.68. The van der Waals surface area contributed by atoms with Gasteiger partial charge in [0, 0.05) is 11.3 Å². The van der Waals surface area contributed by atoms with E-state index in [2.05, 4.69) is 10.3 Å². The number of aromatic nitrogens is 4. The largest absolute Gasteiger partial charge is 0.710 e. The Morgan fingerprint density at radius 3 is 2.82 bits per heavy atom. The normalized spacial score (nSPS) is 10.9. The molecule has 5 heteroatoms. The van der Waals surface area contributed by atoms with Crippen LogP contribution in [0.4, 0.5) is 0 Å². The summed E-state index contributed by atoms with van der Waals surface area (Å²) in [5, 5.41) is 20.0. The Morgan fingerprint density at radius 2 is 1.94 bits per heavy atom. The molecule has 2 aromatic heterocycles. The van der Waals surface area contributed by atoms with Gasteiger partial charge in [-0.15, -0.1) is 5.10 Å². The highest BCUT2D eigenvalue weighted by Crippen LogP contribution is 2.13. The predicted molar refractivity (Wildman–Crippen MR) is 62.6 cm³/mol. The number of fused-ring (bicyclic) bond motifs is 1. The van der Waals surface area contributed by atoms with Gasteiger partial charge in [-0.2, -0.15) is 0 Å². The van der Waals surface area contributed by atoms with Crippen molar-refractivity contribution in [3.8, 4) is 5.82 Å². The molecule has 17 heavy (non-hydrogen) atoms. The third-order valence-electron chi connectivity index (χ3n) is 2.68. The molecular formula is C12H10N4O. The van der Waals surface area contributed by atoms with Gasteiger partial charge in [-0.05, 0) is 25.1 Å². The smallest absolute Gasteiger partial charge is 0.312 e. The average molecular weight is 226 g/mol. The van der Waals surface area contributed by atoms with Gasteiger partial charge < -0.3 is 5.21 Å². The Kier molecular flexibility index (Phi) is 2.04. The molecule has 3 rings (SSSR count). The van der Waals surface area contributed by atoms with Gasteiger partial charge in [0.25, 0.3) is 0 Å². The topological polar surface area (TPSA) is 57.7 Å². The first-order valence-electron chi connectivity index (χ1n) is 5.27. The van der Waals surface area contributed by atoms with Crippen LogP contribution in [0, 0.1) is 12.1 Å². The van der Waals surface area contributed by atoms with E-state index in [1.54, 1.807) is 23.7 Å². The minimum Gasteiger partial charge on any atom is -0.710 e. The van der Waals surface area contributed by atoms with Gasteiger partial charge in [-0.25, -0.2) is 4.73 Å². The molecule has 0 saturated heterocycles. The molecule has 0 aliphatic rings. The van der Waals surface area contributed by atoms with Gasteiger partial charge in [0.2, 0.25) is 0 Å². The molecule has 0 amide bonds. The van der Waals surface area contributed by atoms with Gasteiger partial charge in [-0.3, -0.25) is 0 Å². The van der Waals surface area contributed by atoms with Crippen LogP contribution in [0.25, 0.3) is 16.9 Å². The second-order valence-electron chi connectivity index (χ2n) is 3.81. The number of rotatable bonds is 1. The van der Waals surface area contributed by atoms with Crippen LogP contribution in [0.5, 0.6) is 0 Å². The summed E-state index contributed by atoms with van der Waals surface area (Å²) < 4.78 is 2.40. The lowest BCUT2D eigenvalue weighted by atomic mass is 10.3. The maximum absolute atomic E-state index is 11.9. The minimum atomic E-state index is 0.457. The number of para-hydroxylation sites is 1. The highest BCUT2D eigenvalue weighted by Gasteiger charge is 2.15. The SMILES string of the molecule is Cc1cccc(-n2nnc3ccccc32)[n+]1[O-]. The summed E-state index contributed by atoms with van der Waals surface area (Å²) in [5.41, 5.74) is 2.22. The molecule has 0 aliphatic carbocycles. The van der Waals surface area contributed by atoms with Crippen LogP contribution >= 0.6 is 0 Å². The van der Waals surface area contributed by atoms with Crippen LogP contribution in [0.15, 0.2) is 42.5 Å². The van der Waals surface area contributed by atoms with Gasteiger partial charge in [0.05, 0.1) is 0 Å². The van der Waals surface area contributed by atoms with E-state index in [4.69, 9.17) is 0 Å². The number of pyridine rings is 1. The van der Waals surface area contributed by atoms with Gasteiger partial charge in [-0.1, -0.05) is 22.9 Å². The van der Waals surface area contributed by atoms with Crippen LogP contribution in [0.3, 0.4) is 0 Å². The molecule has 0 unspecified atom stereocenters. The average Bonchev–Trinajstić information content (AvgIpc) is 2.77. The number of hydrogen-bond donors (Lipinski definition) is 0. The first-order valence-corrected chi connectivity index (χ1v) is 5.27. The Hall–Kier alpha value is -2.43. The van der Waals surface area contributed by atoms with Crippen molar-refractivity contribution in [2.75, 3.05) is 0 Å². The Labute approximate surface area is 97.5 Å². The van der Waals surface area contributed by atoms with E-state index in [1.807, 2.05) is 30.3 Å². The van der Waals surface area contributed by atoms with Crippen molar-refractivity contribution < 1.29 is 4.73 Å². The van der Waals surface area contributed by atoms with E-state index < -0.39 is 0 Å². The van der Waals surface area contributed by atoms with Crippen LogP contribution in [-0.4, -0.2) is 15.0 Å². The first-order chi connectivity index (χ1) is 8.27. The Balaban J connectivity index is 2.31. The Bertz CT molecular complexity index is 690. The molecular weight excluding hydrogens is 216 g/mol. The summed E-state index contributed by atoms with van der Waals surface area (Å²) in [5.74, 6) is 0.457. The maximum Gasteiger partial charge on any atom is 0.312 e. The third kappa shape index (κ3) is 1.44. The highest BCUT2D eigenvalue weighted by atomic mass is 16.5. The van der Waals surface area contributed by atoms with Crippen LogP contribution in [-0.2, 0) is 0 Å². The number of aryl methyl sites for hydroxylation is 1. The van der Waals surface area contributed by atoms with E-state index in [1.165, 1.54) is 0 Å². The van der Waals surface area contributed by atoms with E-state index in [-0.39, 0.29) is 0 Å². The molecule has 1 aromatic carbocycles. The minimum absolute atomic E-state index is 0.457. The summed E-state index contributed by atoms with van der Waals surface area (Å²) in [6.45, 7) is 1.76. The molecule has 0 saturated carbocycles. The van der Waals surface area contributed by atoms with Crippen molar-refractivity contribution in [3.63, 3.8) is 0 Å². The molecule has 0 fully saturated rings. The molecule has 5 nitrogen and oxygen atoms in total. The fraction of sp³-hybridized carbons (Fsp3) is 0.0833. The highest BCUT2D eigenvalue weighted by molar-refractivity contribution is 5.75. The van der Waals surface area contributed by atoms with Crippen molar-refractivity contribution >= 4 is 11.0 Å². The lowest BCUT2D eigenvalue weighted by Gasteiger charge is -2.09. The second-order valence-corrected chi connectivity index (χ2v) is 3.81. The van der Waals surface area contributed by atoms with Crippen LogP contribution in [0.2, 0.25) is 0 Å². The molecule has 0 N–H and O–H groups in total. The predicted octanol–water partition coefficient (Wildman–Crippen LogP) is 1.36. The monoisotopic (exact) mass is 226 g/mol. The summed E-state index contributed by atoms with van der Waals surface area (Å²) in [4.78, 5) is 0. The maximum atomic E-state index is 11.9. The van der Waals surface area contributed by atoms with E-state index in [0.717, 1.165) is 15.8 Å². The molecule has 2 heterocycles. The zero-order valence-corrected chi connectivity index (χ0v) is 9.24.